The third-order valence-corrected chi connectivity index (χ3v) is 3.56. The summed E-state index contributed by atoms with van der Waals surface area (Å²) in [6.45, 7) is 6.34. The van der Waals surface area contributed by atoms with Crippen molar-refractivity contribution >= 4 is 0 Å². The van der Waals surface area contributed by atoms with Crippen molar-refractivity contribution in [1.82, 2.24) is 0 Å². The molecule has 0 unspecified atom stereocenters. The van der Waals surface area contributed by atoms with Gasteiger partial charge in [0.25, 0.3) is 0 Å². The van der Waals surface area contributed by atoms with E-state index in [4.69, 9.17) is 9.47 Å². The minimum Gasteiger partial charge on any atom is -0.497 e. The Labute approximate surface area is 126 Å². The van der Waals surface area contributed by atoms with Gasteiger partial charge in [-0.3, -0.25) is 0 Å². The largest absolute Gasteiger partial charge is 0.497 e. The Morgan fingerprint density at radius 1 is 1.10 bits per heavy atom. The Balaban J connectivity index is 2.24. The van der Waals surface area contributed by atoms with Gasteiger partial charge >= 0.3 is 0 Å². The summed E-state index contributed by atoms with van der Waals surface area (Å²) in [5.74, 6) is 1.38. The van der Waals surface area contributed by atoms with Gasteiger partial charge in [-0.2, -0.15) is 0 Å². The van der Waals surface area contributed by atoms with Crippen molar-refractivity contribution in [1.29, 1.82) is 0 Å². The minimum absolute atomic E-state index is 0.473. The molecule has 112 valence electrons. The molecular weight excluding hydrogens is 264 g/mol. The van der Waals surface area contributed by atoms with Crippen LogP contribution in [0.4, 0.5) is 0 Å². The van der Waals surface area contributed by atoms with Gasteiger partial charge in [0.2, 0.25) is 0 Å². The quantitative estimate of drug-likeness (QED) is 0.904. The molecule has 0 aliphatic heterocycles. The lowest BCUT2D eigenvalue weighted by Gasteiger charge is -2.16. The molecule has 2 rings (SSSR count). The SMILES string of the molecule is COc1ccc([C@@H](C)O)c(OCc2cc(C)ccc2C)c1. The van der Waals surface area contributed by atoms with Gasteiger partial charge in [0.1, 0.15) is 18.1 Å². The van der Waals surface area contributed by atoms with Crippen molar-refractivity contribution < 1.29 is 14.6 Å². The highest BCUT2D eigenvalue weighted by Crippen LogP contribution is 2.30. The van der Waals surface area contributed by atoms with Crippen molar-refractivity contribution in [3.8, 4) is 11.5 Å². The molecule has 0 saturated heterocycles. The van der Waals surface area contributed by atoms with Crippen molar-refractivity contribution in [2.75, 3.05) is 7.11 Å². The van der Waals surface area contributed by atoms with Crippen LogP contribution in [0, 0.1) is 13.8 Å². The zero-order valence-electron chi connectivity index (χ0n) is 13.0. The third kappa shape index (κ3) is 3.76. The number of methoxy groups -OCH3 is 1. The summed E-state index contributed by atoms with van der Waals surface area (Å²) >= 11 is 0. The second-order valence-corrected chi connectivity index (χ2v) is 5.30. The molecule has 0 spiro atoms. The molecule has 0 amide bonds. The van der Waals surface area contributed by atoms with Gasteiger partial charge < -0.3 is 14.6 Å². The van der Waals surface area contributed by atoms with Gasteiger partial charge in [-0.05, 0) is 44.0 Å². The van der Waals surface area contributed by atoms with Crippen LogP contribution in [-0.2, 0) is 6.61 Å². The highest BCUT2D eigenvalue weighted by Gasteiger charge is 2.11. The number of aliphatic hydroxyl groups excluding tert-OH is 1. The molecule has 3 nitrogen and oxygen atoms in total. The molecule has 0 aromatic heterocycles. The van der Waals surface area contributed by atoms with Gasteiger partial charge in [0, 0.05) is 11.6 Å². The summed E-state index contributed by atoms with van der Waals surface area (Å²) in [5.41, 5.74) is 4.32. The first kappa shape index (κ1) is 15.4. The topological polar surface area (TPSA) is 38.7 Å². The number of aryl methyl sites for hydroxylation is 2. The van der Waals surface area contributed by atoms with E-state index in [0.29, 0.717) is 12.4 Å². The van der Waals surface area contributed by atoms with E-state index in [1.54, 1.807) is 14.0 Å². The summed E-state index contributed by atoms with van der Waals surface area (Å²) in [6, 6.07) is 11.8. The van der Waals surface area contributed by atoms with Crippen LogP contribution in [0.15, 0.2) is 36.4 Å². The van der Waals surface area contributed by atoms with Crippen molar-refractivity contribution in [2.45, 2.75) is 33.5 Å². The van der Waals surface area contributed by atoms with Crippen molar-refractivity contribution in [3.63, 3.8) is 0 Å². The molecule has 2 aromatic carbocycles. The van der Waals surface area contributed by atoms with E-state index in [0.717, 1.165) is 16.9 Å². The van der Waals surface area contributed by atoms with E-state index < -0.39 is 6.10 Å². The first-order valence-electron chi connectivity index (χ1n) is 7.06. The molecule has 0 heterocycles. The fourth-order valence-electron chi connectivity index (χ4n) is 2.22. The van der Waals surface area contributed by atoms with E-state index in [-0.39, 0.29) is 0 Å². The lowest BCUT2D eigenvalue weighted by Crippen LogP contribution is -2.03. The molecule has 3 heteroatoms. The normalized spacial score (nSPS) is 12.0. The van der Waals surface area contributed by atoms with Gasteiger partial charge in [0.15, 0.2) is 0 Å². The van der Waals surface area contributed by atoms with Crippen LogP contribution in [0.25, 0.3) is 0 Å². The summed E-state index contributed by atoms with van der Waals surface area (Å²) in [5, 5.41) is 9.84. The predicted octanol–water partition coefficient (Wildman–Crippen LogP) is 3.94. The van der Waals surface area contributed by atoms with Crippen LogP contribution >= 0.6 is 0 Å². The van der Waals surface area contributed by atoms with E-state index in [1.165, 1.54) is 11.1 Å². The number of aliphatic hydroxyl groups is 1. The molecule has 1 atom stereocenters. The van der Waals surface area contributed by atoms with E-state index in [2.05, 4.69) is 32.0 Å². The van der Waals surface area contributed by atoms with Crippen molar-refractivity contribution in [3.05, 3.63) is 58.7 Å². The second-order valence-electron chi connectivity index (χ2n) is 5.30. The van der Waals surface area contributed by atoms with E-state index in [9.17, 15) is 5.11 Å². The van der Waals surface area contributed by atoms with Crippen LogP contribution in [-0.4, -0.2) is 12.2 Å². The molecule has 0 radical (unpaired) electrons. The Morgan fingerprint density at radius 2 is 1.86 bits per heavy atom. The Kier molecular flexibility index (Phi) is 4.86. The molecule has 0 aliphatic rings. The Bertz CT molecular complexity index is 618. The zero-order valence-corrected chi connectivity index (χ0v) is 13.0. The van der Waals surface area contributed by atoms with Crippen LogP contribution in [0.3, 0.4) is 0 Å². The summed E-state index contributed by atoms with van der Waals surface area (Å²) < 4.78 is 11.1. The zero-order chi connectivity index (χ0) is 15.4. The molecule has 0 bridgehead atoms. The molecule has 1 N–H and O–H groups in total. The number of rotatable bonds is 5. The van der Waals surface area contributed by atoms with Gasteiger partial charge in [-0.1, -0.05) is 23.8 Å². The summed E-state index contributed by atoms with van der Waals surface area (Å²) in [4.78, 5) is 0. The molecule has 0 aliphatic carbocycles. The standard InChI is InChI=1S/C18H22O3/c1-12-5-6-13(2)15(9-12)11-21-18-10-16(20-4)7-8-17(18)14(3)19/h5-10,14,19H,11H2,1-4H3/t14-/m1/s1. The number of hydrogen-bond donors (Lipinski definition) is 1. The van der Waals surface area contributed by atoms with E-state index in [1.807, 2.05) is 18.2 Å². The fourth-order valence-corrected chi connectivity index (χ4v) is 2.22. The van der Waals surface area contributed by atoms with E-state index >= 15 is 0 Å². The number of benzene rings is 2. The fraction of sp³-hybridized carbons (Fsp3) is 0.333. The average molecular weight is 286 g/mol. The maximum Gasteiger partial charge on any atom is 0.129 e. The maximum atomic E-state index is 9.84. The maximum absolute atomic E-state index is 9.84. The molecule has 2 aromatic rings. The van der Waals surface area contributed by atoms with Crippen LogP contribution in [0.5, 0.6) is 11.5 Å². The predicted molar refractivity (Wildman–Crippen MR) is 83.9 cm³/mol. The molecule has 0 fully saturated rings. The lowest BCUT2D eigenvalue weighted by molar-refractivity contribution is 0.190. The summed E-state index contributed by atoms with van der Waals surface area (Å²) in [6.07, 6.45) is -0.579. The molecule has 0 saturated carbocycles. The van der Waals surface area contributed by atoms with Gasteiger partial charge in [-0.15, -0.1) is 0 Å². The minimum atomic E-state index is -0.579. The van der Waals surface area contributed by atoms with Crippen LogP contribution in [0.1, 0.15) is 35.3 Å². The second kappa shape index (κ2) is 6.64. The molecule has 21 heavy (non-hydrogen) atoms. The monoisotopic (exact) mass is 286 g/mol. The van der Waals surface area contributed by atoms with Gasteiger partial charge in [0.05, 0.1) is 13.2 Å². The van der Waals surface area contributed by atoms with Gasteiger partial charge in [-0.25, -0.2) is 0 Å². The third-order valence-electron chi connectivity index (χ3n) is 3.56. The number of ether oxygens (including phenoxy) is 2. The number of hydrogen-bond acceptors (Lipinski definition) is 3. The highest BCUT2D eigenvalue weighted by atomic mass is 16.5. The highest BCUT2D eigenvalue weighted by molar-refractivity contribution is 5.42. The van der Waals surface area contributed by atoms with Crippen LogP contribution < -0.4 is 9.47 Å². The molecular formula is C18H22O3. The first-order valence-corrected chi connectivity index (χ1v) is 7.06. The summed E-state index contributed by atoms with van der Waals surface area (Å²) in [7, 11) is 1.62. The Hall–Kier alpha value is -2.00. The van der Waals surface area contributed by atoms with Crippen molar-refractivity contribution in [2.24, 2.45) is 0 Å². The average Bonchev–Trinajstić information content (AvgIpc) is 2.47. The lowest BCUT2D eigenvalue weighted by atomic mass is 10.1. The first-order chi connectivity index (χ1) is 10.0. The van der Waals surface area contributed by atoms with Crippen LogP contribution in [0.2, 0.25) is 0 Å². The Morgan fingerprint density at radius 3 is 2.52 bits per heavy atom. The smallest absolute Gasteiger partial charge is 0.129 e.